The maximum absolute atomic E-state index is 11.9. The molecule has 3 unspecified atom stereocenters. The lowest BCUT2D eigenvalue weighted by Gasteiger charge is -2.22. The quantitative estimate of drug-likeness (QED) is 0.649. The number of amides is 3. The number of aromatic nitrogens is 1. The van der Waals surface area contributed by atoms with Crippen molar-refractivity contribution in [1.82, 2.24) is 15.4 Å². The molecule has 2 fully saturated rings. The number of rotatable bonds is 3. The van der Waals surface area contributed by atoms with Crippen LogP contribution in [0.4, 0.5) is 0 Å². The first-order valence-electron chi connectivity index (χ1n) is 6.05. The SMILES string of the molecule is NC(=O)CN1OC2C(=O)NC(=O)C2C1c1ccccn1. The molecule has 2 aliphatic heterocycles. The topological polar surface area (TPSA) is 115 Å². The van der Waals surface area contributed by atoms with Crippen molar-refractivity contribution in [2.75, 3.05) is 6.54 Å². The zero-order valence-corrected chi connectivity index (χ0v) is 10.4. The van der Waals surface area contributed by atoms with Gasteiger partial charge >= 0.3 is 0 Å². The summed E-state index contributed by atoms with van der Waals surface area (Å²) >= 11 is 0. The highest BCUT2D eigenvalue weighted by Gasteiger charge is 2.56. The number of nitrogens with zero attached hydrogens (tertiary/aromatic N) is 2. The number of imide groups is 1. The van der Waals surface area contributed by atoms with Gasteiger partial charge in [-0.2, -0.15) is 5.06 Å². The maximum Gasteiger partial charge on any atom is 0.258 e. The first-order valence-corrected chi connectivity index (χ1v) is 6.05. The fraction of sp³-hybridized carbons (Fsp3) is 0.333. The molecule has 20 heavy (non-hydrogen) atoms. The average molecular weight is 276 g/mol. The fourth-order valence-corrected chi connectivity index (χ4v) is 2.56. The number of pyridine rings is 1. The molecule has 2 saturated heterocycles. The van der Waals surface area contributed by atoms with Gasteiger partial charge in [0.1, 0.15) is 6.54 Å². The number of carbonyl (C=O) groups excluding carboxylic acids is 3. The normalized spacial score (nSPS) is 29.3. The second kappa shape index (κ2) is 4.66. The van der Waals surface area contributed by atoms with Gasteiger partial charge < -0.3 is 5.73 Å². The van der Waals surface area contributed by atoms with Crippen LogP contribution in [0.5, 0.6) is 0 Å². The fourth-order valence-electron chi connectivity index (χ4n) is 2.56. The van der Waals surface area contributed by atoms with Gasteiger partial charge in [0.25, 0.3) is 5.91 Å². The van der Waals surface area contributed by atoms with E-state index < -0.39 is 35.8 Å². The highest BCUT2D eigenvalue weighted by atomic mass is 16.7. The summed E-state index contributed by atoms with van der Waals surface area (Å²) in [6.45, 7) is -0.213. The molecule has 0 radical (unpaired) electrons. The van der Waals surface area contributed by atoms with Crippen LogP contribution in [0.1, 0.15) is 11.7 Å². The Morgan fingerprint density at radius 2 is 2.20 bits per heavy atom. The van der Waals surface area contributed by atoms with Crippen molar-refractivity contribution in [2.45, 2.75) is 12.1 Å². The number of carbonyl (C=O) groups is 3. The second-order valence-electron chi connectivity index (χ2n) is 4.65. The number of hydroxylamine groups is 2. The van der Waals surface area contributed by atoms with E-state index >= 15 is 0 Å². The van der Waals surface area contributed by atoms with Crippen LogP contribution in [-0.4, -0.2) is 40.4 Å². The molecule has 0 spiro atoms. The second-order valence-corrected chi connectivity index (χ2v) is 4.65. The van der Waals surface area contributed by atoms with E-state index in [1.807, 2.05) is 0 Å². The van der Waals surface area contributed by atoms with Crippen LogP contribution in [0.3, 0.4) is 0 Å². The zero-order chi connectivity index (χ0) is 14.3. The molecule has 104 valence electrons. The molecule has 3 amide bonds. The van der Waals surface area contributed by atoms with E-state index in [4.69, 9.17) is 10.6 Å². The monoisotopic (exact) mass is 276 g/mol. The van der Waals surface area contributed by atoms with Gasteiger partial charge in [0.2, 0.25) is 11.8 Å². The van der Waals surface area contributed by atoms with Crippen molar-refractivity contribution in [3.63, 3.8) is 0 Å². The van der Waals surface area contributed by atoms with E-state index in [1.165, 1.54) is 5.06 Å². The molecule has 8 heteroatoms. The van der Waals surface area contributed by atoms with Crippen LogP contribution < -0.4 is 11.1 Å². The van der Waals surface area contributed by atoms with Gasteiger partial charge in [0.15, 0.2) is 6.10 Å². The molecule has 0 bridgehead atoms. The summed E-state index contributed by atoms with van der Waals surface area (Å²) in [5.74, 6) is -2.27. The van der Waals surface area contributed by atoms with Crippen LogP contribution in [0, 0.1) is 5.92 Å². The Morgan fingerprint density at radius 3 is 2.85 bits per heavy atom. The van der Waals surface area contributed by atoms with Gasteiger partial charge in [-0.3, -0.25) is 29.5 Å². The van der Waals surface area contributed by atoms with Gasteiger partial charge in [-0.15, -0.1) is 0 Å². The maximum atomic E-state index is 11.9. The first kappa shape index (κ1) is 12.7. The van der Waals surface area contributed by atoms with Crippen molar-refractivity contribution in [1.29, 1.82) is 0 Å². The predicted octanol–water partition coefficient (Wildman–Crippen LogP) is -1.50. The number of primary amides is 1. The molecule has 0 aliphatic carbocycles. The van der Waals surface area contributed by atoms with Gasteiger partial charge in [0, 0.05) is 6.20 Å². The van der Waals surface area contributed by atoms with Crippen LogP contribution in [0.2, 0.25) is 0 Å². The predicted molar refractivity (Wildman–Crippen MR) is 64.4 cm³/mol. The van der Waals surface area contributed by atoms with Crippen molar-refractivity contribution in [2.24, 2.45) is 11.7 Å². The van der Waals surface area contributed by atoms with E-state index in [2.05, 4.69) is 10.3 Å². The Bertz CT molecular complexity index is 576. The molecule has 3 N–H and O–H groups in total. The van der Waals surface area contributed by atoms with Gasteiger partial charge in [0.05, 0.1) is 17.7 Å². The third-order valence-corrected chi connectivity index (χ3v) is 3.34. The average Bonchev–Trinajstić information content (AvgIpc) is 2.89. The molecule has 3 atom stereocenters. The molecule has 1 aromatic rings. The van der Waals surface area contributed by atoms with Crippen molar-refractivity contribution >= 4 is 17.7 Å². The van der Waals surface area contributed by atoms with Crippen molar-refractivity contribution in [3.8, 4) is 0 Å². The van der Waals surface area contributed by atoms with Gasteiger partial charge in [-0.25, -0.2) is 0 Å². The zero-order valence-electron chi connectivity index (χ0n) is 10.4. The van der Waals surface area contributed by atoms with Gasteiger partial charge in [-0.1, -0.05) is 6.07 Å². The molecule has 2 aliphatic rings. The number of hydrogen-bond donors (Lipinski definition) is 2. The van der Waals surface area contributed by atoms with E-state index in [1.54, 1.807) is 24.4 Å². The molecule has 8 nitrogen and oxygen atoms in total. The number of fused-ring (bicyclic) bond motifs is 1. The summed E-state index contributed by atoms with van der Waals surface area (Å²) in [4.78, 5) is 44.2. The van der Waals surface area contributed by atoms with Crippen LogP contribution in [0.25, 0.3) is 0 Å². The highest BCUT2D eigenvalue weighted by molar-refractivity contribution is 6.07. The van der Waals surface area contributed by atoms with Crippen LogP contribution in [0.15, 0.2) is 24.4 Å². The minimum Gasteiger partial charge on any atom is -0.368 e. The minimum absolute atomic E-state index is 0.213. The Hall–Kier alpha value is -2.32. The summed E-state index contributed by atoms with van der Waals surface area (Å²) in [5.41, 5.74) is 5.71. The molecular weight excluding hydrogens is 264 g/mol. The summed E-state index contributed by atoms with van der Waals surface area (Å²) in [7, 11) is 0. The molecule has 0 aromatic carbocycles. The molecule has 3 heterocycles. The Kier molecular flexibility index (Phi) is 2.96. The summed E-state index contributed by atoms with van der Waals surface area (Å²) < 4.78 is 0. The third-order valence-electron chi connectivity index (χ3n) is 3.34. The number of hydrogen-bond acceptors (Lipinski definition) is 6. The highest BCUT2D eigenvalue weighted by Crippen LogP contribution is 2.40. The molecule has 1 aromatic heterocycles. The van der Waals surface area contributed by atoms with E-state index in [9.17, 15) is 14.4 Å². The smallest absolute Gasteiger partial charge is 0.258 e. The summed E-state index contributed by atoms with van der Waals surface area (Å²) in [5, 5.41) is 3.48. The molecule has 0 saturated carbocycles. The van der Waals surface area contributed by atoms with Crippen molar-refractivity contribution < 1.29 is 19.2 Å². The lowest BCUT2D eigenvalue weighted by molar-refractivity contribution is -0.177. The Labute approximate surface area is 113 Å². The van der Waals surface area contributed by atoms with Crippen LogP contribution in [-0.2, 0) is 19.2 Å². The van der Waals surface area contributed by atoms with E-state index in [-0.39, 0.29) is 6.54 Å². The number of nitrogens with one attached hydrogen (secondary N) is 1. The van der Waals surface area contributed by atoms with E-state index in [0.717, 1.165) is 0 Å². The summed E-state index contributed by atoms with van der Waals surface area (Å²) in [6.07, 6.45) is 0.633. The standard InChI is InChI=1S/C12H12N4O4/c13-7(17)5-16-9(6-3-1-2-4-14-6)8-10(20-16)12(19)15-11(8)18/h1-4,8-10H,5H2,(H2,13,17)(H,15,18,19). The van der Waals surface area contributed by atoms with E-state index in [0.29, 0.717) is 5.69 Å². The number of nitrogens with two attached hydrogens (primary N) is 1. The minimum atomic E-state index is -0.936. The van der Waals surface area contributed by atoms with Gasteiger partial charge in [-0.05, 0) is 12.1 Å². The Morgan fingerprint density at radius 1 is 1.40 bits per heavy atom. The lowest BCUT2D eigenvalue weighted by atomic mass is 9.94. The largest absolute Gasteiger partial charge is 0.368 e. The third kappa shape index (κ3) is 1.95. The first-order chi connectivity index (χ1) is 9.58. The van der Waals surface area contributed by atoms with Crippen LogP contribution >= 0.6 is 0 Å². The lowest BCUT2D eigenvalue weighted by Crippen LogP contribution is -2.38. The summed E-state index contributed by atoms with van der Waals surface area (Å²) in [6, 6.07) is 4.59. The van der Waals surface area contributed by atoms with Crippen molar-refractivity contribution in [3.05, 3.63) is 30.1 Å². The molecule has 3 rings (SSSR count). The Balaban J connectivity index is 1.98. The molecular formula is C12H12N4O4.